The van der Waals surface area contributed by atoms with Gasteiger partial charge in [-0.05, 0) is 13.0 Å². The highest BCUT2D eigenvalue weighted by Crippen LogP contribution is 1.95. The molecule has 0 aliphatic heterocycles. The zero-order valence-corrected chi connectivity index (χ0v) is 8.77. The van der Waals surface area contributed by atoms with E-state index in [1.165, 1.54) is 6.20 Å². The predicted molar refractivity (Wildman–Crippen MR) is 56.5 cm³/mol. The van der Waals surface area contributed by atoms with Crippen LogP contribution in [0.4, 0.5) is 0 Å². The Kier molecular flexibility index (Phi) is 2.90. The molecule has 0 aromatic carbocycles. The van der Waals surface area contributed by atoms with E-state index in [1.807, 2.05) is 6.92 Å². The van der Waals surface area contributed by atoms with Gasteiger partial charge in [-0.3, -0.25) is 19.9 Å². The third-order valence-corrected chi connectivity index (χ3v) is 2.01. The molecule has 0 aliphatic rings. The van der Waals surface area contributed by atoms with Gasteiger partial charge in [-0.2, -0.15) is 5.10 Å². The normalized spacial score (nSPS) is 10.1. The van der Waals surface area contributed by atoms with Gasteiger partial charge in [-0.15, -0.1) is 0 Å². The van der Waals surface area contributed by atoms with E-state index in [2.05, 4.69) is 25.5 Å². The molecule has 2 aromatic rings. The standard InChI is InChI=1S/C10H11N5O/c1-7-4-12-8(5-11-7)6-13-10(16)9-2-3-14-15-9/h2-5H,6H2,1H3,(H,13,16)(H,14,15). The van der Waals surface area contributed by atoms with E-state index in [-0.39, 0.29) is 5.91 Å². The maximum Gasteiger partial charge on any atom is 0.269 e. The zero-order valence-electron chi connectivity index (χ0n) is 8.77. The van der Waals surface area contributed by atoms with Crippen LogP contribution in [0.2, 0.25) is 0 Å². The molecule has 0 saturated heterocycles. The van der Waals surface area contributed by atoms with Gasteiger partial charge < -0.3 is 5.32 Å². The van der Waals surface area contributed by atoms with Gasteiger partial charge >= 0.3 is 0 Å². The van der Waals surface area contributed by atoms with Crippen molar-refractivity contribution in [2.45, 2.75) is 13.5 Å². The number of aryl methyl sites for hydroxylation is 1. The molecule has 16 heavy (non-hydrogen) atoms. The molecule has 0 bridgehead atoms. The summed E-state index contributed by atoms with van der Waals surface area (Å²) in [6, 6.07) is 1.61. The van der Waals surface area contributed by atoms with Crippen LogP contribution in [0.1, 0.15) is 21.9 Å². The first kappa shape index (κ1) is 10.3. The second kappa shape index (κ2) is 4.52. The van der Waals surface area contributed by atoms with Crippen molar-refractivity contribution in [1.82, 2.24) is 25.5 Å². The van der Waals surface area contributed by atoms with Crippen molar-refractivity contribution in [2.75, 3.05) is 0 Å². The van der Waals surface area contributed by atoms with Gasteiger partial charge in [0.2, 0.25) is 0 Å². The van der Waals surface area contributed by atoms with Crippen molar-refractivity contribution in [3.8, 4) is 0 Å². The fourth-order valence-corrected chi connectivity index (χ4v) is 1.16. The summed E-state index contributed by atoms with van der Waals surface area (Å²) < 4.78 is 0. The second-order valence-electron chi connectivity index (χ2n) is 3.30. The Morgan fingerprint density at radius 2 is 2.31 bits per heavy atom. The molecule has 0 fully saturated rings. The molecule has 0 radical (unpaired) electrons. The van der Waals surface area contributed by atoms with Gasteiger partial charge in [0.05, 0.1) is 24.1 Å². The highest BCUT2D eigenvalue weighted by Gasteiger charge is 2.06. The first-order valence-corrected chi connectivity index (χ1v) is 4.81. The second-order valence-corrected chi connectivity index (χ2v) is 3.30. The highest BCUT2D eigenvalue weighted by molar-refractivity contribution is 5.91. The molecule has 0 atom stereocenters. The monoisotopic (exact) mass is 217 g/mol. The largest absolute Gasteiger partial charge is 0.345 e. The molecular formula is C10H11N5O. The third-order valence-electron chi connectivity index (χ3n) is 2.01. The van der Waals surface area contributed by atoms with Crippen LogP contribution in [-0.4, -0.2) is 26.1 Å². The van der Waals surface area contributed by atoms with Crippen LogP contribution < -0.4 is 5.32 Å². The lowest BCUT2D eigenvalue weighted by Gasteiger charge is -2.02. The van der Waals surface area contributed by atoms with Crippen molar-refractivity contribution >= 4 is 5.91 Å². The Morgan fingerprint density at radius 3 is 2.94 bits per heavy atom. The Hall–Kier alpha value is -2.24. The summed E-state index contributed by atoms with van der Waals surface area (Å²) in [6.45, 7) is 2.21. The van der Waals surface area contributed by atoms with Crippen molar-refractivity contribution in [3.05, 3.63) is 41.7 Å². The molecular weight excluding hydrogens is 206 g/mol. The number of aromatic amines is 1. The molecule has 2 rings (SSSR count). The summed E-state index contributed by atoms with van der Waals surface area (Å²) in [5.41, 5.74) is 2.00. The van der Waals surface area contributed by atoms with E-state index in [4.69, 9.17) is 0 Å². The number of hydrogen-bond acceptors (Lipinski definition) is 4. The van der Waals surface area contributed by atoms with Gasteiger partial charge in [0.15, 0.2) is 0 Å². The minimum atomic E-state index is -0.208. The summed E-state index contributed by atoms with van der Waals surface area (Å²) >= 11 is 0. The summed E-state index contributed by atoms with van der Waals surface area (Å²) in [4.78, 5) is 19.7. The Morgan fingerprint density at radius 1 is 1.44 bits per heavy atom. The van der Waals surface area contributed by atoms with E-state index in [0.717, 1.165) is 11.4 Å². The van der Waals surface area contributed by atoms with E-state index >= 15 is 0 Å². The third kappa shape index (κ3) is 2.41. The molecule has 0 saturated carbocycles. The number of hydrogen-bond donors (Lipinski definition) is 2. The first-order valence-electron chi connectivity index (χ1n) is 4.81. The fourth-order valence-electron chi connectivity index (χ4n) is 1.16. The lowest BCUT2D eigenvalue weighted by atomic mass is 10.3. The molecule has 0 spiro atoms. The number of nitrogens with one attached hydrogen (secondary N) is 2. The number of carbonyl (C=O) groups excluding carboxylic acids is 1. The zero-order chi connectivity index (χ0) is 11.4. The van der Waals surface area contributed by atoms with Gasteiger partial charge in [0, 0.05) is 12.4 Å². The average Bonchev–Trinajstić information content (AvgIpc) is 2.81. The molecule has 82 valence electrons. The average molecular weight is 217 g/mol. The minimum absolute atomic E-state index is 0.208. The van der Waals surface area contributed by atoms with Crippen LogP contribution in [-0.2, 0) is 6.54 Å². The molecule has 6 heteroatoms. The van der Waals surface area contributed by atoms with E-state index < -0.39 is 0 Å². The van der Waals surface area contributed by atoms with Crippen LogP contribution >= 0.6 is 0 Å². The van der Waals surface area contributed by atoms with Gasteiger partial charge in [-0.25, -0.2) is 0 Å². The van der Waals surface area contributed by atoms with Gasteiger partial charge in [-0.1, -0.05) is 0 Å². The van der Waals surface area contributed by atoms with E-state index in [1.54, 1.807) is 18.5 Å². The van der Waals surface area contributed by atoms with E-state index in [9.17, 15) is 4.79 Å². The first-order chi connectivity index (χ1) is 7.75. The van der Waals surface area contributed by atoms with Gasteiger partial charge in [0.25, 0.3) is 5.91 Å². The van der Waals surface area contributed by atoms with Crippen LogP contribution in [0.15, 0.2) is 24.7 Å². The van der Waals surface area contributed by atoms with Crippen LogP contribution in [0.5, 0.6) is 0 Å². The SMILES string of the molecule is Cc1cnc(CNC(=O)c2ccn[nH]2)cn1. The van der Waals surface area contributed by atoms with Crippen molar-refractivity contribution < 1.29 is 4.79 Å². The Balaban J connectivity index is 1.93. The molecule has 1 amide bonds. The molecule has 2 aromatic heterocycles. The van der Waals surface area contributed by atoms with Crippen LogP contribution in [0.25, 0.3) is 0 Å². The summed E-state index contributed by atoms with van der Waals surface area (Å²) in [6.07, 6.45) is 4.83. The van der Waals surface area contributed by atoms with Crippen molar-refractivity contribution in [2.24, 2.45) is 0 Å². The Bertz CT molecular complexity index is 462. The lowest BCUT2D eigenvalue weighted by molar-refractivity contribution is 0.0945. The summed E-state index contributed by atoms with van der Waals surface area (Å²) in [5.74, 6) is -0.208. The number of carbonyl (C=O) groups is 1. The van der Waals surface area contributed by atoms with Crippen molar-refractivity contribution in [3.63, 3.8) is 0 Å². The number of nitrogens with zero attached hydrogens (tertiary/aromatic N) is 3. The summed E-state index contributed by atoms with van der Waals surface area (Å²) in [7, 11) is 0. The fraction of sp³-hybridized carbons (Fsp3) is 0.200. The quantitative estimate of drug-likeness (QED) is 0.781. The smallest absolute Gasteiger partial charge is 0.269 e. The number of aromatic nitrogens is 4. The molecule has 0 aliphatic carbocycles. The summed E-state index contributed by atoms with van der Waals surface area (Å²) in [5, 5.41) is 8.99. The number of rotatable bonds is 3. The maximum atomic E-state index is 11.5. The predicted octanol–water partition coefficient (Wildman–Crippen LogP) is 0.438. The molecule has 2 heterocycles. The molecule has 6 nitrogen and oxygen atoms in total. The minimum Gasteiger partial charge on any atom is -0.345 e. The number of H-pyrrole nitrogens is 1. The lowest BCUT2D eigenvalue weighted by Crippen LogP contribution is -2.23. The van der Waals surface area contributed by atoms with Crippen LogP contribution in [0.3, 0.4) is 0 Å². The Labute approximate surface area is 92.1 Å². The van der Waals surface area contributed by atoms with Crippen LogP contribution in [0, 0.1) is 6.92 Å². The molecule has 2 N–H and O–H groups in total. The number of amides is 1. The van der Waals surface area contributed by atoms with Crippen molar-refractivity contribution in [1.29, 1.82) is 0 Å². The topological polar surface area (TPSA) is 83.6 Å². The maximum absolute atomic E-state index is 11.5. The van der Waals surface area contributed by atoms with Gasteiger partial charge in [0.1, 0.15) is 5.69 Å². The van der Waals surface area contributed by atoms with E-state index in [0.29, 0.717) is 12.2 Å². The molecule has 0 unspecified atom stereocenters. The highest BCUT2D eigenvalue weighted by atomic mass is 16.1.